The largest absolute Gasteiger partial charge is 0.379 e. The molecule has 0 unspecified atom stereocenters. The van der Waals surface area contributed by atoms with Crippen LogP contribution in [0.1, 0.15) is 46.9 Å². The molecule has 1 aliphatic rings. The molecule has 4 heterocycles. The van der Waals surface area contributed by atoms with Gasteiger partial charge >= 0.3 is 0 Å². The van der Waals surface area contributed by atoms with Gasteiger partial charge in [0.15, 0.2) is 0 Å². The summed E-state index contributed by atoms with van der Waals surface area (Å²) in [5.74, 6) is 1.60. The third-order valence-corrected chi connectivity index (χ3v) is 7.05. The average molecular weight is 443 g/mol. The molecule has 0 radical (unpaired) electrons. The van der Waals surface area contributed by atoms with Crippen LogP contribution in [-0.2, 0) is 30.7 Å². The summed E-state index contributed by atoms with van der Waals surface area (Å²) in [4.78, 5) is 26.8. The summed E-state index contributed by atoms with van der Waals surface area (Å²) >= 11 is 1.70. The van der Waals surface area contributed by atoms with Gasteiger partial charge in [0.05, 0.1) is 30.8 Å². The fourth-order valence-electron chi connectivity index (χ4n) is 4.09. The summed E-state index contributed by atoms with van der Waals surface area (Å²) in [6.45, 7) is 12.7. The summed E-state index contributed by atoms with van der Waals surface area (Å²) in [5.41, 5.74) is 3.76. The first-order chi connectivity index (χ1) is 15.0. The molecule has 0 atom stereocenters. The number of nitrogens with zero attached hydrogens (tertiary/aromatic N) is 4. The van der Waals surface area contributed by atoms with Crippen LogP contribution in [0.25, 0.3) is 10.2 Å². The summed E-state index contributed by atoms with van der Waals surface area (Å²) in [5, 5.41) is 11.4. The van der Waals surface area contributed by atoms with Crippen molar-refractivity contribution in [1.82, 2.24) is 25.1 Å². The van der Waals surface area contributed by atoms with Crippen LogP contribution in [0, 0.1) is 13.8 Å². The van der Waals surface area contributed by atoms with E-state index in [1.54, 1.807) is 11.3 Å². The topological polar surface area (TPSA) is 96.0 Å². The summed E-state index contributed by atoms with van der Waals surface area (Å²) in [6.07, 6.45) is 1.56. The molecule has 3 aromatic rings. The maximum Gasteiger partial charge on any atom is 0.269 e. The van der Waals surface area contributed by atoms with Crippen LogP contribution in [-0.4, -0.2) is 51.4 Å². The van der Waals surface area contributed by atoms with Gasteiger partial charge in [0.1, 0.15) is 16.5 Å². The minimum atomic E-state index is -0.140. The van der Waals surface area contributed by atoms with E-state index in [-0.39, 0.29) is 5.56 Å². The number of nitrogens with one attached hydrogen (secondary N) is 2. The second-order valence-corrected chi connectivity index (χ2v) is 9.06. The molecule has 4 rings (SSSR count). The molecule has 0 saturated carbocycles. The maximum atomic E-state index is 12.5. The van der Waals surface area contributed by atoms with E-state index in [1.165, 1.54) is 10.4 Å². The molecular formula is C22H30N6O2S. The van der Waals surface area contributed by atoms with Gasteiger partial charge in [-0.25, -0.2) is 15.1 Å². The second kappa shape index (κ2) is 9.42. The average Bonchev–Trinajstić information content (AvgIpc) is 3.06. The Hall–Kier alpha value is -2.36. The Labute approximate surface area is 186 Å². The first-order valence-electron chi connectivity index (χ1n) is 10.9. The molecule has 0 amide bonds. The second-order valence-electron chi connectivity index (χ2n) is 7.86. The minimum Gasteiger partial charge on any atom is -0.379 e. The lowest BCUT2D eigenvalue weighted by Gasteiger charge is -2.25. The fraction of sp³-hybridized carbons (Fsp3) is 0.545. The third-order valence-electron chi connectivity index (χ3n) is 5.94. The number of ether oxygens (including phenoxy) is 1. The molecule has 1 saturated heterocycles. The summed E-state index contributed by atoms with van der Waals surface area (Å²) < 4.78 is 5.46. The Morgan fingerprint density at radius 3 is 2.61 bits per heavy atom. The van der Waals surface area contributed by atoms with E-state index in [4.69, 9.17) is 14.7 Å². The van der Waals surface area contributed by atoms with Crippen molar-refractivity contribution < 1.29 is 4.74 Å². The van der Waals surface area contributed by atoms with Crippen molar-refractivity contribution in [3.8, 4) is 0 Å². The van der Waals surface area contributed by atoms with E-state index in [9.17, 15) is 4.79 Å². The monoisotopic (exact) mass is 442 g/mol. The molecule has 9 heteroatoms. The highest BCUT2D eigenvalue weighted by molar-refractivity contribution is 7.18. The molecule has 0 spiro atoms. The fourth-order valence-corrected chi connectivity index (χ4v) is 5.13. The molecule has 1 aliphatic heterocycles. The zero-order valence-electron chi connectivity index (χ0n) is 18.7. The molecule has 0 aliphatic carbocycles. The normalized spacial score (nSPS) is 15.0. The van der Waals surface area contributed by atoms with Crippen molar-refractivity contribution in [3.05, 3.63) is 43.4 Å². The Kier molecular flexibility index (Phi) is 6.64. The van der Waals surface area contributed by atoms with Gasteiger partial charge in [-0.05, 0) is 37.8 Å². The van der Waals surface area contributed by atoms with Crippen LogP contribution in [0.3, 0.4) is 0 Å². The zero-order valence-corrected chi connectivity index (χ0v) is 19.5. The van der Waals surface area contributed by atoms with Gasteiger partial charge in [0.2, 0.25) is 0 Å². The Bertz CT molecular complexity index is 1130. The number of H-pyrrole nitrogens is 1. The highest BCUT2D eigenvalue weighted by atomic mass is 32.1. The van der Waals surface area contributed by atoms with Gasteiger partial charge in [0.25, 0.3) is 5.56 Å². The van der Waals surface area contributed by atoms with Gasteiger partial charge in [0, 0.05) is 30.1 Å². The lowest BCUT2D eigenvalue weighted by atomic mass is 10.0. The number of thiophene rings is 1. The number of hydrogen-bond acceptors (Lipinski definition) is 8. The third kappa shape index (κ3) is 4.49. The number of hydrogen-bond donors (Lipinski definition) is 2. The number of aromatic nitrogens is 4. The molecule has 8 nitrogen and oxygen atoms in total. The van der Waals surface area contributed by atoms with Gasteiger partial charge in [-0.3, -0.25) is 9.69 Å². The van der Waals surface area contributed by atoms with Crippen LogP contribution >= 0.6 is 11.3 Å². The predicted molar refractivity (Wildman–Crippen MR) is 124 cm³/mol. The van der Waals surface area contributed by atoms with Crippen LogP contribution in [0.15, 0.2) is 4.79 Å². The minimum absolute atomic E-state index is 0.140. The van der Waals surface area contributed by atoms with E-state index >= 15 is 0 Å². The smallest absolute Gasteiger partial charge is 0.269 e. The van der Waals surface area contributed by atoms with Gasteiger partial charge in [-0.15, -0.1) is 11.3 Å². The molecule has 2 N–H and O–H groups in total. The van der Waals surface area contributed by atoms with Crippen molar-refractivity contribution in [3.63, 3.8) is 0 Å². The zero-order chi connectivity index (χ0) is 22.0. The van der Waals surface area contributed by atoms with E-state index in [1.807, 2.05) is 0 Å². The van der Waals surface area contributed by atoms with Crippen molar-refractivity contribution >= 4 is 27.4 Å². The van der Waals surface area contributed by atoms with E-state index < -0.39 is 0 Å². The SMILES string of the molecule is CCc1n[nH]c(=O)c(CNc2nc(CN3CCOCC3)nc3sc(C)c(C)c23)c1CC. The van der Waals surface area contributed by atoms with Crippen molar-refractivity contribution in [2.75, 3.05) is 31.6 Å². The standard InChI is InChI=1S/C22H30N6O2S/c1-5-15-16(21(29)27-26-17(15)6-2)11-23-20-19-13(3)14(4)31-22(19)25-18(24-20)12-28-7-9-30-10-8-28/h5-12H2,1-4H3,(H,27,29)(H,23,24,25). The first kappa shape index (κ1) is 21.9. The number of aryl methyl sites for hydroxylation is 3. The number of fused-ring (bicyclic) bond motifs is 1. The molecule has 166 valence electrons. The van der Waals surface area contributed by atoms with E-state index in [0.717, 1.165) is 77.8 Å². The number of rotatable bonds is 7. The van der Waals surface area contributed by atoms with Crippen LogP contribution in [0.2, 0.25) is 0 Å². The summed E-state index contributed by atoms with van der Waals surface area (Å²) in [7, 11) is 0. The van der Waals surface area contributed by atoms with E-state index in [0.29, 0.717) is 13.1 Å². The van der Waals surface area contributed by atoms with E-state index in [2.05, 4.69) is 48.1 Å². The lowest BCUT2D eigenvalue weighted by molar-refractivity contribution is 0.0331. The van der Waals surface area contributed by atoms with Crippen LogP contribution < -0.4 is 10.9 Å². The quantitative estimate of drug-likeness (QED) is 0.581. The maximum absolute atomic E-state index is 12.5. The van der Waals surface area contributed by atoms with Crippen molar-refractivity contribution in [1.29, 1.82) is 0 Å². The molecular weight excluding hydrogens is 412 g/mol. The first-order valence-corrected chi connectivity index (χ1v) is 11.7. The molecule has 3 aromatic heterocycles. The van der Waals surface area contributed by atoms with Gasteiger partial charge < -0.3 is 10.1 Å². The summed E-state index contributed by atoms with van der Waals surface area (Å²) in [6, 6.07) is 0. The molecule has 31 heavy (non-hydrogen) atoms. The highest BCUT2D eigenvalue weighted by Crippen LogP contribution is 2.33. The predicted octanol–water partition coefficient (Wildman–Crippen LogP) is 2.96. The Morgan fingerprint density at radius 2 is 1.90 bits per heavy atom. The number of morpholine rings is 1. The van der Waals surface area contributed by atoms with Crippen LogP contribution in [0.4, 0.5) is 5.82 Å². The Morgan fingerprint density at radius 1 is 1.13 bits per heavy atom. The van der Waals surface area contributed by atoms with Gasteiger partial charge in [-0.1, -0.05) is 13.8 Å². The number of anilines is 1. The van der Waals surface area contributed by atoms with Crippen molar-refractivity contribution in [2.45, 2.75) is 53.6 Å². The Balaban J connectivity index is 1.69. The molecule has 0 bridgehead atoms. The van der Waals surface area contributed by atoms with Gasteiger partial charge in [-0.2, -0.15) is 5.10 Å². The molecule has 0 aromatic carbocycles. The van der Waals surface area contributed by atoms with Crippen LogP contribution in [0.5, 0.6) is 0 Å². The lowest BCUT2D eigenvalue weighted by Crippen LogP contribution is -2.36. The van der Waals surface area contributed by atoms with Crippen molar-refractivity contribution in [2.24, 2.45) is 0 Å². The molecule has 1 fully saturated rings. The number of aromatic amines is 1. The highest BCUT2D eigenvalue weighted by Gasteiger charge is 2.19.